The zero-order valence-electron chi connectivity index (χ0n) is 14.6. The van der Waals surface area contributed by atoms with Crippen molar-refractivity contribution >= 4 is 5.96 Å². The molecule has 0 bridgehead atoms. The Labute approximate surface area is 135 Å². The van der Waals surface area contributed by atoms with Crippen molar-refractivity contribution in [3.05, 3.63) is 17.5 Å². The lowest BCUT2D eigenvalue weighted by atomic mass is 9.99. The summed E-state index contributed by atoms with van der Waals surface area (Å²) in [4.78, 5) is 4.57. The fourth-order valence-electron chi connectivity index (χ4n) is 2.38. The molecule has 0 aliphatic rings. The van der Waals surface area contributed by atoms with E-state index >= 15 is 0 Å². The van der Waals surface area contributed by atoms with Crippen molar-refractivity contribution in [2.75, 3.05) is 13.1 Å². The first-order valence-corrected chi connectivity index (χ1v) is 8.72. The molecule has 0 saturated heterocycles. The number of aromatic nitrogens is 1. The Bertz CT molecular complexity index is 424. The van der Waals surface area contributed by atoms with Gasteiger partial charge in [0.25, 0.3) is 0 Å². The van der Waals surface area contributed by atoms with Crippen molar-refractivity contribution in [2.45, 2.75) is 72.3 Å². The van der Waals surface area contributed by atoms with Gasteiger partial charge in [-0.3, -0.25) is 0 Å². The molecule has 0 aliphatic heterocycles. The van der Waals surface area contributed by atoms with Crippen molar-refractivity contribution in [1.29, 1.82) is 0 Å². The van der Waals surface area contributed by atoms with Gasteiger partial charge in [0.05, 0.1) is 5.69 Å². The molecule has 5 nitrogen and oxygen atoms in total. The molecule has 2 N–H and O–H groups in total. The average molecular weight is 308 g/mol. The molecule has 5 heteroatoms. The monoisotopic (exact) mass is 308 g/mol. The van der Waals surface area contributed by atoms with Crippen LogP contribution in [0.25, 0.3) is 0 Å². The molecule has 0 atom stereocenters. The van der Waals surface area contributed by atoms with Gasteiger partial charge >= 0.3 is 0 Å². The van der Waals surface area contributed by atoms with Crippen LogP contribution in [-0.2, 0) is 6.54 Å². The van der Waals surface area contributed by atoms with Crippen LogP contribution in [0, 0.1) is 0 Å². The highest BCUT2D eigenvalue weighted by atomic mass is 16.5. The number of hydrogen-bond acceptors (Lipinski definition) is 3. The lowest BCUT2D eigenvalue weighted by Crippen LogP contribution is -2.37. The molecule has 0 saturated carbocycles. The fourth-order valence-corrected chi connectivity index (χ4v) is 2.38. The summed E-state index contributed by atoms with van der Waals surface area (Å²) in [5.41, 5.74) is 1.05. The topological polar surface area (TPSA) is 62.5 Å². The van der Waals surface area contributed by atoms with Crippen LogP contribution in [-0.4, -0.2) is 24.2 Å². The Kier molecular flexibility index (Phi) is 9.35. The predicted octanol–water partition coefficient (Wildman–Crippen LogP) is 3.82. The number of nitrogens with one attached hydrogen (secondary N) is 2. The van der Waals surface area contributed by atoms with Gasteiger partial charge in [0.2, 0.25) is 0 Å². The lowest BCUT2D eigenvalue weighted by molar-refractivity contribution is 0.372. The third-order valence-corrected chi connectivity index (χ3v) is 3.79. The second-order valence-corrected chi connectivity index (χ2v) is 5.56. The van der Waals surface area contributed by atoms with E-state index in [4.69, 9.17) is 4.52 Å². The SMILES string of the molecule is CCCCCNC(=NCc1cc(C(CC)CC)no1)NCC. The molecule has 22 heavy (non-hydrogen) atoms. The quantitative estimate of drug-likeness (QED) is 0.392. The van der Waals surface area contributed by atoms with Crippen LogP contribution in [0.5, 0.6) is 0 Å². The van der Waals surface area contributed by atoms with Crippen LogP contribution >= 0.6 is 0 Å². The second-order valence-electron chi connectivity index (χ2n) is 5.56. The Hall–Kier alpha value is -1.52. The summed E-state index contributed by atoms with van der Waals surface area (Å²) in [7, 11) is 0. The Morgan fingerprint density at radius 3 is 2.59 bits per heavy atom. The van der Waals surface area contributed by atoms with Crippen LogP contribution in [0.4, 0.5) is 0 Å². The van der Waals surface area contributed by atoms with Crippen molar-refractivity contribution in [1.82, 2.24) is 15.8 Å². The number of guanidine groups is 1. The highest BCUT2D eigenvalue weighted by Gasteiger charge is 2.12. The van der Waals surface area contributed by atoms with Gasteiger partial charge in [-0.1, -0.05) is 38.8 Å². The minimum atomic E-state index is 0.488. The Balaban J connectivity index is 2.54. The van der Waals surface area contributed by atoms with E-state index in [1.807, 2.05) is 6.07 Å². The summed E-state index contributed by atoms with van der Waals surface area (Å²) >= 11 is 0. The van der Waals surface area contributed by atoms with Gasteiger partial charge in [-0.05, 0) is 26.2 Å². The van der Waals surface area contributed by atoms with Crippen molar-refractivity contribution in [3.63, 3.8) is 0 Å². The smallest absolute Gasteiger partial charge is 0.191 e. The van der Waals surface area contributed by atoms with E-state index in [9.17, 15) is 0 Å². The van der Waals surface area contributed by atoms with Gasteiger partial charge < -0.3 is 15.2 Å². The van der Waals surface area contributed by atoms with Crippen LogP contribution in [0.15, 0.2) is 15.6 Å². The predicted molar refractivity (Wildman–Crippen MR) is 92.2 cm³/mol. The molecule has 0 radical (unpaired) electrons. The maximum absolute atomic E-state index is 5.41. The van der Waals surface area contributed by atoms with Gasteiger partial charge in [-0.25, -0.2) is 4.99 Å². The third kappa shape index (κ3) is 6.50. The molecule has 0 fully saturated rings. The van der Waals surface area contributed by atoms with E-state index in [0.717, 1.165) is 43.3 Å². The number of unbranched alkanes of at least 4 members (excludes halogenated alkanes) is 2. The summed E-state index contributed by atoms with van der Waals surface area (Å²) in [6.45, 7) is 11.0. The van der Waals surface area contributed by atoms with Crippen LogP contribution in [0.1, 0.15) is 77.2 Å². The van der Waals surface area contributed by atoms with Crippen LogP contribution in [0.2, 0.25) is 0 Å². The number of rotatable bonds is 10. The fraction of sp³-hybridized carbons (Fsp3) is 0.765. The summed E-state index contributed by atoms with van der Waals surface area (Å²) < 4.78 is 5.41. The lowest BCUT2D eigenvalue weighted by Gasteiger charge is -2.10. The maximum Gasteiger partial charge on any atom is 0.191 e. The second kappa shape index (κ2) is 11.1. The minimum Gasteiger partial charge on any atom is -0.359 e. The van der Waals surface area contributed by atoms with Crippen molar-refractivity contribution in [3.8, 4) is 0 Å². The van der Waals surface area contributed by atoms with E-state index in [1.165, 1.54) is 19.3 Å². The summed E-state index contributed by atoms with van der Waals surface area (Å²) in [5.74, 6) is 2.16. The molecule has 0 spiro atoms. The first-order valence-electron chi connectivity index (χ1n) is 8.72. The van der Waals surface area contributed by atoms with Crippen molar-refractivity contribution in [2.24, 2.45) is 4.99 Å². The molecule has 0 amide bonds. The van der Waals surface area contributed by atoms with E-state index in [0.29, 0.717) is 12.5 Å². The van der Waals surface area contributed by atoms with Gasteiger partial charge in [0.1, 0.15) is 6.54 Å². The van der Waals surface area contributed by atoms with E-state index in [-0.39, 0.29) is 0 Å². The van der Waals surface area contributed by atoms with Gasteiger partial charge in [-0.15, -0.1) is 0 Å². The molecule has 1 heterocycles. The molecular weight excluding hydrogens is 276 g/mol. The van der Waals surface area contributed by atoms with E-state index < -0.39 is 0 Å². The van der Waals surface area contributed by atoms with Gasteiger partial charge in [0, 0.05) is 25.1 Å². The normalized spacial score (nSPS) is 12.0. The van der Waals surface area contributed by atoms with Crippen LogP contribution < -0.4 is 10.6 Å². The first-order chi connectivity index (χ1) is 10.7. The minimum absolute atomic E-state index is 0.488. The molecule has 1 aromatic heterocycles. The number of aliphatic imine (C=N–C) groups is 1. The molecule has 1 aromatic rings. The molecule has 0 aromatic carbocycles. The molecular formula is C17H32N4O. The van der Waals surface area contributed by atoms with Gasteiger partial charge in [-0.2, -0.15) is 0 Å². The van der Waals surface area contributed by atoms with E-state index in [2.05, 4.69) is 48.5 Å². The number of hydrogen-bond donors (Lipinski definition) is 2. The zero-order chi connectivity index (χ0) is 16.2. The summed E-state index contributed by atoms with van der Waals surface area (Å²) in [6.07, 6.45) is 5.82. The highest BCUT2D eigenvalue weighted by molar-refractivity contribution is 5.79. The van der Waals surface area contributed by atoms with Crippen LogP contribution in [0.3, 0.4) is 0 Å². The van der Waals surface area contributed by atoms with Crippen molar-refractivity contribution < 1.29 is 4.52 Å². The maximum atomic E-state index is 5.41. The Morgan fingerprint density at radius 2 is 1.95 bits per heavy atom. The zero-order valence-corrected chi connectivity index (χ0v) is 14.6. The molecule has 0 unspecified atom stereocenters. The largest absolute Gasteiger partial charge is 0.359 e. The molecule has 1 rings (SSSR count). The summed E-state index contributed by atoms with van der Waals surface area (Å²) in [6, 6.07) is 2.04. The molecule has 126 valence electrons. The Morgan fingerprint density at radius 1 is 1.18 bits per heavy atom. The standard InChI is InChI=1S/C17H32N4O/c1-5-9-10-11-19-17(18-8-4)20-13-15-12-16(21-22-15)14(6-2)7-3/h12,14H,5-11,13H2,1-4H3,(H2,18,19,20). The third-order valence-electron chi connectivity index (χ3n) is 3.79. The van der Waals surface area contributed by atoms with E-state index in [1.54, 1.807) is 0 Å². The number of nitrogens with zero attached hydrogens (tertiary/aromatic N) is 2. The summed E-state index contributed by atoms with van der Waals surface area (Å²) in [5, 5.41) is 10.8. The average Bonchev–Trinajstić information content (AvgIpc) is 2.99. The van der Waals surface area contributed by atoms with Gasteiger partial charge in [0.15, 0.2) is 11.7 Å². The molecule has 0 aliphatic carbocycles. The first kappa shape index (κ1) is 18.5. The highest BCUT2D eigenvalue weighted by Crippen LogP contribution is 2.22.